The molecule has 0 aliphatic carbocycles. The molecular weight excluding hydrogens is 420 g/mol. The van der Waals surface area contributed by atoms with E-state index in [2.05, 4.69) is 29.2 Å². The van der Waals surface area contributed by atoms with E-state index in [1.165, 1.54) is 11.1 Å². The summed E-state index contributed by atoms with van der Waals surface area (Å²) < 4.78 is 3.38. The largest absolute Gasteiger partial charge is 0.354 e. The van der Waals surface area contributed by atoms with Gasteiger partial charge >= 0.3 is 0 Å². The van der Waals surface area contributed by atoms with Crippen LogP contribution in [0.1, 0.15) is 51.8 Å². The lowest BCUT2D eigenvalue weighted by Crippen LogP contribution is -2.41. The molecule has 0 radical (unpaired) electrons. The van der Waals surface area contributed by atoms with Gasteiger partial charge in [0.1, 0.15) is 6.04 Å². The minimum atomic E-state index is -0.598. The van der Waals surface area contributed by atoms with E-state index in [4.69, 9.17) is 0 Å². The SMILES string of the molecule is CC[C@H](C(=O)NCCCN1C[C@H](C)C[C@H](C)C1)n1nc(C)c2sc3ccccc3c2c1=O. The van der Waals surface area contributed by atoms with Crippen LogP contribution in [-0.2, 0) is 4.79 Å². The van der Waals surface area contributed by atoms with Gasteiger partial charge in [0.25, 0.3) is 5.56 Å². The van der Waals surface area contributed by atoms with Gasteiger partial charge in [-0.3, -0.25) is 9.59 Å². The molecule has 1 aliphatic heterocycles. The summed E-state index contributed by atoms with van der Waals surface area (Å²) in [5.41, 5.74) is 0.613. The summed E-state index contributed by atoms with van der Waals surface area (Å²) in [6.07, 6.45) is 2.74. The maximum absolute atomic E-state index is 13.4. The Balaban J connectivity index is 1.47. The second-order valence-corrected chi connectivity index (χ2v) is 10.5. The fourth-order valence-electron chi connectivity index (χ4n) is 5.17. The second-order valence-electron chi connectivity index (χ2n) is 9.41. The van der Waals surface area contributed by atoms with Crippen LogP contribution in [0, 0.1) is 18.8 Å². The molecule has 6 nitrogen and oxygen atoms in total. The highest BCUT2D eigenvalue weighted by molar-refractivity contribution is 7.26. The number of amides is 1. The number of carbonyl (C=O) groups excluding carboxylic acids is 1. The minimum Gasteiger partial charge on any atom is -0.354 e. The Labute approximate surface area is 193 Å². The number of aryl methyl sites for hydroxylation is 1. The molecule has 1 aromatic carbocycles. The van der Waals surface area contributed by atoms with Gasteiger partial charge in [0.15, 0.2) is 0 Å². The van der Waals surface area contributed by atoms with E-state index >= 15 is 0 Å². The average molecular weight is 455 g/mol. The van der Waals surface area contributed by atoms with Gasteiger partial charge in [-0.25, -0.2) is 4.68 Å². The Hall–Kier alpha value is -2.25. The molecule has 2 aromatic heterocycles. The summed E-state index contributed by atoms with van der Waals surface area (Å²) in [6.45, 7) is 12.4. The van der Waals surface area contributed by atoms with Crippen molar-refractivity contribution in [1.29, 1.82) is 0 Å². The van der Waals surface area contributed by atoms with Crippen LogP contribution in [0.2, 0.25) is 0 Å². The van der Waals surface area contributed by atoms with Crippen molar-refractivity contribution < 1.29 is 4.79 Å². The Morgan fingerprint density at radius 2 is 1.97 bits per heavy atom. The molecule has 0 saturated carbocycles. The molecule has 7 heteroatoms. The molecule has 32 heavy (non-hydrogen) atoms. The van der Waals surface area contributed by atoms with Crippen LogP contribution >= 0.6 is 11.3 Å². The highest BCUT2D eigenvalue weighted by Gasteiger charge is 2.25. The molecule has 1 fully saturated rings. The maximum Gasteiger partial charge on any atom is 0.276 e. The first kappa shape index (κ1) is 22.9. The molecule has 0 bridgehead atoms. The van der Waals surface area contributed by atoms with Gasteiger partial charge in [-0.1, -0.05) is 39.0 Å². The van der Waals surface area contributed by atoms with Gasteiger partial charge in [0, 0.05) is 29.7 Å². The number of thiophene rings is 1. The first-order valence-corrected chi connectivity index (χ1v) is 12.6. The van der Waals surface area contributed by atoms with Crippen molar-refractivity contribution >= 4 is 37.4 Å². The number of hydrogen-bond donors (Lipinski definition) is 1. The van der Waals surface area contributed by atoms with Gasteiger partial charge in [0.05, 0.1) is 15.8 Å². The lowest BCUT2D eigenvalue weighted by Gasteiger charge is -2.35. The summed E-state index contributed by atoms with van der Waals surface area (Å²) in [5, 5.41) is 9.23. The zero-order chi connectivity index (χ0) is 22.8. The van der Waals surface area contributed by atoms with Crippen LogP contribution in [0.15, 0.2) is 29.1 Å². The highest BCUT2D eigenvalue weighted by atomic mass is 32.1. The summed E-state index contributed by atoms with van der Waals surface area (Å²) in [6, 6.07) is 7.33. The predicted molar refractivity (Wildman–Crippen MR) is 132 cm³/mol. The first-order valence-electron chi connectivity index (χ1n) is 11.8. The van der Waals surface area contributed by atoms with Crippen molar-refractivity contribution in [2.45, 2.75) is 53.0 Å². The predicted octanol–water partition coefficient (Wildman–Crippen LogP) is 4.35. The van der Waals surface area contributed by atoms with Crippen LogP contribution in [0.3, 0.4) is 0 Å². The standard InChI is InChI=1S/C25H34N4O2S/c1-5-20(24(30)26-11-8-12-28-14-16(2)13-17(3)15-28)29-25(31)22-19-9-6-7-10-21(19)32-23(22)18(4)27-29/h6-7,9-10,16-17,20H,5,8,11-15H2,1-4H3,(H,26,30)/t16-,17+,20-/m1/s1. The monoisotopic (exact) mass is 454 g/mol. The maximum atomic E-state index is 13.4. The van der Waals surface area contributed by atoms with Crippen molar-refractivity contribution in [1.82, 2.24) is 20.0 Å². The number of nitrogens with zero attached hydrogens (tertiary/aromatic N) is 3. The number of piperidine rings is 1. The highest BCUT2D eigenvalue weighted by Crippen LogP contribution is 2.33. The van der Waals surface area contributed by atoms with Crippen molar-refractivity contribution in [3.05, 3.63) is 40.3 Å². The average Bonchev–Trinajstić information content (AvgIpc) is 3.15. The normalized spacial score (nSPS) is 20.6. The van der Waals surface area contributed by atoms with Crippen molar-refractivity contribution in [2.24, 2.45) is 11.8 Å². The molecule has 1 N–H and O–H groups in total. The topological polar surface area (TPSA) is 67.2 Å². The van der Waals surface area contributed by atoms with E-state index in [1.807, 2.05) is 38.1 Å². The van der Waals surface area contributed by atoms with Crippen molar-refractivity contribution in [3.63, 3.8) is 0 Å². The van der Waals surface area contributed by atoms with Crippen LogP contribution < -0.4 is 10.9 Å². The number of carbonyl (C=O) groups is 1. The summed E-state index contributed by atoms with van der Waals surface area (Å²) in [4.78, 5) is 28.9. The van der Waals surface area contributed by atoms with Crippen LogP contribution in [-0.4, -0.2) is 46.8 Å². The molecule has 1 amide bonds. The Morgan fingerprint density at radius 1 is 1.25 bits per heavy atom. The molecular formula is C25H34N4O2S. The third-order valence-electron chi connectivity index (χ3n) is 6.48. The Bertz CT molecular complexity index is 1160. The summed E-state index contributed by atoms with van der Waals surface area (Å²) >= 11 is 1.59. The number of likely N-dealkylation sites (tertiary alicyclic amines) is 1. The van der Waals surface area contributed by atoms with Gasteiger partial charge in [-0.2, -0.15) is 5.10 Å². The molecule has 4 rings (SSSR count). The van der Waals surface area contributed by atoms with Crippen LogP contribution in [0.25, 0.3) is 20.2 Å². The van der Waals surface area contributed by atoms with Crippen molar-refractivity contribution in [2.75, 3.05) is 26.2 Å². The van der Waals surface area contributed by atoms with E-state index in [0.29, 0.717) is 18.4 Å². The number of nitrogens with one attached hydrogen (secondary N) is 1. The van der Waals surface area contributed by atoms with E-state index in [-0.39, 0.29) is 11.5 Å². The van der Waals surface area contributed by atoms with Crippen LogP contribution in [0.4, 0.5) is 0 Å². The fourth-order valence-corrected chi connectivity index (χ4v) is 6.30. The van der Waals surface area contributed by atoms with Crippen molar-refractivity contribution in [3.8, 4) is 0 Å². The quantitative estimate of drug-likeness (QED) is 0.539. The van der Waals surface area contributed by atoms with E-state index in [0.717, 1.165) is 58.4 Å². The smallest absolute Gasteiger partial charge is 0.276 e. The lowest BCUT2D eigenvalue weighted by atomic mass is 9.92. The van der Waals surface area contributed by atoms with E-state index in [1.54, 1.807) is 11.3 Å². The first-order chi connectivity index (χ1) is 15.4. The zero-order valence-corrected chi connectivity index (χ0v) is 20.4. The molecule has 3 aromatic rings. The summed E-state index contributed by atoms with van der Waals surface area (Å²) in [7, 11) is 0. The number of benzene rings is 1. The zero-order valence-electron chi connectivity index (χ0n) is 19.6. The van der Waals surface area contributed by atoms with Crippen LogP contribution in [0.5, 0.6) is 0 Å². The minimum absolute atomic E-state index is 0.124. The number of hydrogen-bond acceptors (Lipinski definition) is 5. The van der Waals surface area contributed by atoms with Gasteiger partial charge < -0.3 is 10.2 Å². The van der Waals surface area contributed by atoms with E-state index in [9.17, 15) is 9.59 Å². The molecule has 1 aliphatic rings. The summed E-state index contributed by atoms with van der Waals surface area (Å²) in [5.74, 6) is 1.35. The van der Waals surface area contributed by atoms with Gasteiger partial charge in [-0.05, 0) is 50.6 Å². The van der Waals surface area contributed by atoms with Gasteiger partial charge in [-0.15, -0.1) is 11.3 Å². The third kappa shape index (κ3) is 4.59. The number of rotatable bonds is 7. The number of aromatic nitrogens is 2. The molecule has 0 spiro atoms. The third-order valence-corrected chi connectivity index (χ3v) is 7.76. The van der Waals surface area contributed by atoms with Gasteiger partial charge in [0.2, 0.25) is 5.91 Å². The molecule has 3 atom stereocenters. The van der Waals surface area contributed by atoms with E-state index < -0.39 is 6.04 Å². The molecule has 1 saturated heterocycles. The lowest BCUT2D eigenvalue weighted by molar-refractivity contribution is -0.124. The Morgan fingerprint density at radius 3 is 2.69 bits per heavy atom. The Kier molecular flexibility index (Phi) is 6.96. The number of fused-ring (bicyclic) bond motifs is 3. The molecule has 3 heterocycles. The second kappa shape index (κ2) is 9.71. The fraction of sp³-hybridized carbons (Fsp3) is 0.560. The molecule has 0 unspecified atom stereocenters. The molecule has 172 valence electrons.